The van der Waals surface area contributed by atoms with Crippen LogP contribution in [0.4, 0.5) is 0 Å². The van der Waals surface area contributed by atoms with Gasteiger partial charge in [0.1, 0.15) is 0 Å². The van der Waals surface area contributed by atoms with Crippen molar-refractivity contribution < 1.29 is 18.3 Å². The molecule has 2 rings (SSSR count). The van der Waals surface area contributed by atoms with Gasteiger partial charge < -0.3 is 5.11 Å². The molecule has 0 saturated carbocycles. The molecule has 1 aromatic rings. The second-order valence-electron chi connectivity index (χ2n) is 5.02. The van der Waals surface area contributed by atoms with Crippen molar-refractivity contribution in [3.05, 3.63) is 27.7 Å². The second kappa shape index (κ2) is 6.24. The number of carboxylic acids is 1. The summed E-state index contributed by atoms with van der Waals surface area (Å²) >= 11 is 9.04. The van der Waals surface area contributed by atoms with Crippen LogP contribution < -0.4 is 0 Å². The molecule has 1 saturated heterocycles. The molecule has 1 heterocycles. The van der Waals surface area contributed by atoms with Gasteiger partial charge >= 0.3 is 5.97 Å². The molecule has 0 aromatic heterocycles. The molecule has 21 heavy (non-hydrogen) atoms. The van der Waals surface area contributed by atoms with Crippen LogP contribution >= 0.6 is 27.5 Å². The summed E-state index contributed by atoms with van der Waals surface area (Å²) in [5.41, 5.74) is 0. The van der Waals surface area contributed by atoms with Gasteiger partial charge in [0.25, 0.3) is 0 Å². The van der Waals surface area contributed by atoms with Gasteiger partial charge in [0, 0.05) is 22.1 Å². The molecule has 1 aromatic carbocycles. The number of halogens is 2. The van der Waals surface area contributed by atoms with Gasteiger partial charge in [-0.25, -0.2) is 8.42 Å². The smallest absolute Gasteiger partial charge is 0.308 e. The molecule has 0 bridgehead atoms. The molecule has 5 nitrogen and oxygen atoms in total. The Morgan fingerprint density at radius 3 is 2.71 bits per heavy atom. The zero-order valence-electron chi connectivity index (χ0n) is 11.3. The van der Waals surface area contributed by atoms with E-state index >= 15 is 0 Å². The lowest BCUT2D eigenvalue weighted by Crippen LogP contribution is -2.49. The van der Waals surface area contributed by atoms with Gasteiger partial charge in [-0.05, 0) is 53.9 Å². The van der Waals surface area contributed by atoms with Crippen molar-refractivity contribution in [1.82, 2.24) is 4.31 Å². The van der Waals surface area contributed by atoms with Crippen LogP contribution in [-0.2, 0) is 14.8 Å². The van der Waals surface area contributed by atoms with Gasteiger partial charge in [-0.2, -0.15) is 4.31 Å². The maximum absolute atomic E-state index is 12.8. The number of hydrogen-bond acceptors (Lipinski definition) is 3. The minimum Gasteiger partial charge on any atom is -0.481 e. The van der Waals surface area contributed by atoms with E-state index < -0.39 is 28.0 Å². The fourth-order valence-electron chi connectivity index (χ4n) is 2.59. The molecule has 0 unspecified atom stereocenters. The minimum absolute atomic E-state index is 0.102. The predicted octanol–water partition coefficient (Wildman–Crippen LogP) is 2.98. The van der Waals surface area contributed by atoms with Gasteiger partial charge in [-0.3, -0.25) is 4.79 Å². The van der Waals surface area contributed by atoms with Crippen molar-refractivity contribution in [1.29, 1.82) is 0 Å². The maximum atomic E-state index is 12.8. The number of aliphatic carboxylic acids is 1. The maximum Gasteiger partial charge on any atom is 0.308 e. The summed E-state index contributed by atoms with van der Waals surface area (Å²) in [7, 11) is -3.76. The second-order valence-corrected chi connectivity index (χ2v) is 8.17. The molecule has 0 spiro atoms. The van der Waals surface area contributed by atoms with Crippen LogP contribution in [0.3, 0.4) is 0 Å². The quantitative estimate of drug-likeness (QED) is 0.852. The Morgan fingerprint density at radius 1 is 1.48 bits per heavy atom. The normalized spacial score (nSPS) is 24.0. The lowest BCUT2D eigenvalue weighted by molar-refractivity contribution is -0.144. The van der Waals surface area contributed by atoms with Crippen LogP contribution in [0, 0.1) is 5.92 Å². The summed E-state index contributed by atoms with van der Waals surface area (Å²) < 4.78 is 27.2. The van der Waals surface area contributed by atoms with E-state index in [2.05, 4.69) is 15.9 Å². The fraction of sp³-hybridized carbons (Fsp3) is 0.462. The van der Waals surface area contributed by atoms with E-state index in [9.17, 15) is 18.3 Å². The first kappa shape index (κ1) is 16.7. The number of rotatable bonds is 3. The van der Waals surface area contributed by atoms with Gasteiger partial charge in [0.15, 0.2) is 0 Å². The number of piperidine rings is 1. The van der Waals surface area contributed by atoms with Crippen LogP contribution in [0.2, 0.25) is 5.02 Å². The van der Waals surface area contributed by atoms with Gasteiger partial charge in [0.2, 0.25) is 10.0 Å². The number of nitrogens with zero attached hydrogens (tertiary/aromatic N) is 1. The van der Waals surface area contributed by atoms with Crippen molar-refractivity contribution in [2.75, 3.05) is 6.54 Å². The molecule has 1 aliphatic rings. The molecule has 8 heteroatoms. The topological polar surface area (TPSA) is 74.7 Å². The molecule has 0 radical (unpaired) electrons. The number of hydrogen-bond donors (Lipinski definition) is 1. The van der Waals surface area contributed by atoms with E-state index in [4.69, 9.17) is 11.6 Å². The average molecular weight is 397 g/mol. The number of carbonyl (C=O) groups is 1. The number of carboxylic acid groups (broad SMARTS) is 1. The van der Waals surface area contributed by atoms with Gasteiger partial charge in [-0.1, -0.05) is 11.6 Å². The van der Waals surface area contributed by atoms with Crippen LogP contribution in [0.5, 0.6) is 0 Å². The van der Waals surface area contributed by atoms with Crippen molar-refractivity contribution >= 4 is 43.5 Å². The molecule has 116 valence electrons. The highest BCUT2D eigenvalue weighted by Crippen LogP contribution is 2.33. The van der Waals surface area contributed by atoms with E-state index in [0.29, 0.717) is 28.9 Å². The number of benzene rings is 1. The molecule has 0 aliphatic carbocycles. The Balaban J connectivity index is 2.41. The molecule has 0 amide bonds. The molecular formula is C13H15BrClNO4S. The summed E-state index contributed by atoms with van der Waals surface area (Å²) in [5, 5.41) is 9.63. The van der Waals surface area contributed by atoms with Crippen LogP contribution in [0.25, 0.3) is 0 Å². The Morgan fingerprint density at radius 2 is 2.14 bits per heavy atom. The summed E-state index contributed by atoms with van der Waals surface area (Å²) in [6, 6.07) is 3.86. The van der Waals surface area contributed by atoms with Crippen molar-refractivity contribution in [3.63, 3.8) is 0 Å². The molecule has 1 fully saturated rings. The zero-order chi connectivity index (χ0) is 15.8. The van der Waals surface area contributed by atoms with Crippen molar-refractivity contribution in [2.24, 2.45) is 5.92 Å². The first-order chi connectivity index (χ1) is 9.75. The highest BCUT2D eigenvalue weighted by atomic mass is 79.9. The summed E-state index contributed by atoms with van der Waals surface area (Å²) in [5.74, 6) is -1.64. The Labute approximate surface area is 137 Å². The van der Waals surface area contributed by atoms with Crippen molar-refractivity contribution in [2.45, 2.75) is 30.7 Å². The SMILES string of the molecule is C[C@@H]1[C@H](C(=O)O)CCCN1S(=O)(=O)c1ccc(Cl)cc1Br. The monoisotopic (exact) mass is 395 g/mol. The van der Waals surface area contributed by atoms with E-state index in [-0.39, 0.29) is 4.90 Å². The highest BCUT2D eigenvalue weighted by molar-refractivity contribution is 9.10. The number of sulfonamides is 1. The third kappa shape index (κ3) is 3.26. The summed E-state index contributed by atoms with van der Waals surface area (Å²) in [6.45, 7) is 1.96. The minimum atomic E-state index is -3.76. The third-order valence-corrected chi connectivity index (χ3v) is 6.93. The Kier molecular flexibility index (Phi) is 4.97. The van der Waals surface area contributed by atoms with Gasteiger partial charge in [0.05, 0.1) is 10.8 Å². The first-order valence-corrected chi connectivity index (χ1v) is 9.06. The summed E-state index contributed by atoms with van der Waals surface area (Å²) in [6.07, 6.45) is 1.02. The molecule has 1 aliphatic heterocycles. The largest absolute Gasteiger partial charge is 0.481 e. The zero-order valence-corrected chi connectivity index (χ0v) is 14.4. The van der Waals surface area contributed by atoms with E-state index in [0.717, 1.165) is 0 Å². The van der Waals surface area contributed by atoms with Crippen LogP contribution in [0.15, 0.2) is 27.6 Å². The lowest BCUT2D eigenvalue weighted by atomic mass is 9.92. The molecule has 2 atom stereocenters. The fourth-order valence-corrected chi connectivity index (χ4v) is 5.64. The van der Waals surface area contributed by atoms with E-state index in [1.54, 1.807) is 6.92 Å². The summed E-state index contributed by atoms with van der Waals surface area (Å²) in [4.78, 5) is 11.3. The highest BCUT2D eigenvalue weighted by Gasteiger charge is 2.40. The van der Waals surface area contributed by atoms with Crippen LogP contribution in [-0.4, -0.2) is 36.4 Å². The van der Waals surface area contributed by atoms with Gasteiger partial charge in [-0.15, -0.1) is 0 Å². The Bertz CT molecular complexity index is 664. The van der Waals surface area contributed by atoms with E-state index in [1.807, 2.05) is 0 Å². The third-order valence-electron chi connectivity index (χ3n) is 3.73. The predicted molar refractivity (Wildman–Crippen MR) is 82.9 cm³/mol. The Hall–Kier alpha value is -0.630. The molecular weight excluding hydrogens is 382 g/mol. The van der Waals surface area contributed by atoms with Crippen molar-refractivity contribution in [3.8, 4) is 0 Å². The standard InChI is InChI=1S/C13H15BrClNO4S/c1-8-10(13(17)18)3-2-6-16(8)21(19,20)12-5-4-9(15)7-11(12)14/h4-5,7-8,10H,2-3,6H2,1H3,(H,17,18)/t8-,10-/m1/s1. The lowest BCUT2D eigenvalue weighted by Gasteiger charge is -2.36. The average Bonchev–Trinajstić information content (AvgIpc) is 2.37. The first-order valence-electron chi connectivity index (χ1n) is 6.45. The van der Waals surface area contributed by atoms with E-state index in [1.165, 1.54) is 22.5 Å². The molecule has 1 N–H and O–H groups in total. The van der Waals surface area contributed by atoms with Crippen LogP contribution in [0.1, 0.15) is 19.8 Å².